The summed E-state index contributed by atoms with van der Waals surface area (Å²) in [5.41, 5.74) is 0. The lowest BCUT2D eigenvalue weighted by Crippen LogP contribution is -2.46. The maximum absolute atomic E-state index is 12.6. The van der Waals surface area contributed by atoms with Gasteiger partial charge in [0, 0.05) is 39.0 Å². The highest BCUT2D eigenvalue weighted by Gasteiger charge is 2.25. The van der Waals surface area contributed by atoms with Crippen LogP contribution in [-0.4, -0.2) is 86.7 Å². The molecule has 2 heterocycles. The van der Waals surface area contributed by atoms with E-state index in [1.54, 1.807) is 7.11 Å². The standard InChI is InChI=1S/C20H31N3O3/c1-21-10-3-11-22(15-14-21)16-20(24)23-12-8-19(9-13-23)26-18-6-4-17(25-2)5-7-18/h4-7,19H,3,8-16H2,1-2H3. The molecule has 1 aromatic carbocycles. The molecule has 0 atom stereocenters. The van der Waals surface area contributed by atoms with Gasteiger partial charge in [0.25, 0.3) is 0 Å². The molecule has 0 saturated carbocycles. The topological polar surface area (TPSA) is 45.3 Å². The van der Waals surface area contributed by atoms with E-state index >= 15 is 0 Å². The molecule has 0 spiro atoms. The highest BCUT2D eigenvalue weighted by molar-refractivity contribution is 5.78. The lowest BCUT2D eigenvalue weighted by atomic mass is 10.1. The Morgan fingerprint density at radius 2 is 1.69 bits per heavy atom. The van der Waals surface area contributed by atoms with Crippen LogP contribution < -0.4 is 9.47 Å². The number of hydrogen-bond donors (Lipinski definition) is 0. The third-order valence-corrected chi connectivity index (χ3v) is 5.33. The van der Waals surface area contributed by atoms with E-state index in [4.69, 9.17) is 9.47 Å². The number of hydrogen-bond acceptors (Lipinski definition) is 5. The molecule has 6 nitrogen and oxygen atoms in total. The number of rotatable bonds is 5. The van der Waals surface area contributed by atoms with Gasteiger partial charge in [-0.1, -0.05) is 0 Å². The maximum atomic E-state index is 12.6. The summed E-state index contributed by atoms with van der Waals surface area (Å²) < 4.78 is 11.2. The summed E-state index contributed by atoms with van der Waals surface area (Å²) in [6.07, 6.45) is 3.10. The molecule has 3 rings (SSSR count). The fraction of sp³-hybridized carbons (Fsp3) is 0.650. The van der Waals surface area contributed by atoms with Crippen molar-refractivity contribution in [1.29, 1.82) is 0 Å². The van der Waals surface area contributed by atoms with Crippen molar-refractivity contribution in [3.63, 3.8) is 0 Å². The van der Waals surface area contributed by atoms with Crippen LogP contribution in [0.3, 0.4) is 0 Å². The Bertz CT molecular complexity index is 570. The van der Waals surface area contributed by atoms with E-state index in [1.165, 1.54) is 0 Å². The number of piperidine rings is 1. The van der Waals surface area contributed by atoms with Crippen LogP contribution in [0.5, 0.6) is 11.5 Å². The first-order chi connectivity index (χ1) is 12.6. The van der Waals surface area contributed by atoms with Gasteiger partial charge < -0.3 is 19.3 Å². The summed E-state index contributed by atoms with van der Waals surface area (Å²) in [4.78, 5) is 19.3. The van der Waals surface area contributed by atoms with Crippen LogP contribution in [0.4, 0.5) is 0 Å². The normalized spacial score (nSPS) is 20.6. The van der Waals surface area contributed by atoms with Crippen LogP contribution in [0.1, 0.15) is 19.3 Å². The van der Waals surface area contributed by atoms with Gasteiger partial charge in [0.05, 0.1) is 13.7 Å². The summed E-state index contributed by atoms with van der Waals surface area (Å²) in [6, 6.07) is 7.69. The van der Waals surface area contributed by atoms with E-state index < -0.39 is 0 Å². The highest BCUT2D eigenvalue weighted by atomic mass is 16.5. The quantitative estimate of drug-likeness (QED) is 0.799. The van der Waals surface area contributed by atoms with E-state index in [0.29, 0.717) is 6.54 Å². The van der Waals surface area contributed by atoms with E-state index in [-0.39, 0.29) is 12.0 Å². The van der Waals surface area contributed by atoms with E-state index in [2.05, 4.69) is 16.8 Å². The monoisotopic (exact) mass is 361 g/mol. The third-order valence-electron chi connectivity index (χ3n) is 5.33. The lowest BCUT2D eigenvalue weighted by Gasteiger charge is -2.33. The summed E-state index contributed by atoms with van der Waals surface area (Å²) in [7, 11) is 3.81. The second-order valence-electron chi connectivity index (χ2n) is 7.31. The summed E-state index contributed by atoms with van der Waals surface area (Å²) >= 11 is 0. The largest absolute Gasteiger partial charge is 0.497 e. The highest BCUT2D eigenvalue weighted by Crippen LogP contribution is 2.22. The molecule has 0 aromatic heterocycles. The maximum Gasteiger partial charge on any atom is 0.236 e. The molecular weight excluding hydrogens is 330 g/mol. The average Bonchev–Trinajstić information content (AvgIpc) is 2.87. The van der Waals surface area contributed by atoms with Crippen LogP contribution in [-0.2, 0) is 4.79 Å². The summed E-state index contributed by atoms with van der Waals surface area (Å²) in [5.74, 6) is 1.96. The number of ether oxygens (including phenoxy) is 2. The van der Waals surface area contributed by atoms with Gasteiger partial charge in [-0.15, -0.1) is 0 Å². The molecular formula is C20H31N3O3. The Labute approximate surface area is 156 Å². The molecule has 1 aromatic rings. The van der Waals surface area contributed by atoms with Crippen LogP contribution in [0.15, 0.2) is 24.3 Å². The number of methoxy groups -OCH3 is 1. The average molecular weight is 361 g/mol. The molecule has 2 aliphatic heterocycles. The van der Waals surface area contributed by atoms with Gasteiger partial charge in [-0.05, 0) is 50.8 Å². The van der Waals surface area contributed by atoms with Crippen molar-refractivity contribution in [2.24, 2.45) is 0 Å². The molecule has 0 radical (unpaired) electrons. The van der Waals surface area contributed by atoms with Crippen molar-refractivity contribution in [2.45, 2.75) is 25.4 Å². The molecule has 26 heavy (non-hydrogen) atoms. The van der Waals surface area contributed by atoms with Crippen molar-refractivity contribution < 1.29 is 14.3 Å². The molecule has 144 valence electrons. The first kappa shape index (κ1) is 19.0. The summed E-state index contributed by atoms with van der Waals surface area (Å²) in [5, 5.41) is 0. The van der Waals surface area contributed by atoms with Gasteiger partial charge in [0.1, 0.15) is 17.6 Å². The molecule has 0 aliphatic carbocycles. The Balaban J connectivity index is 1.41. The van der Waals surface area contributed by atoms with Crippen molar-refractivity contribution in [3.05, 3.63) is 24.3 Å². The van der Waals surface area contributed by atoms with Gasteiger partial charge >= 0.3 is 0 Å². The predicted octanol–water partition coefficient (Wildman–Crippen LogP) is 1.70. The minimum atomic E-state index is 0.180. The zero-order chi connectivity index (χ0) is 18.4. The minimum Gasteiger partial charge on any atom is -0.497 e. The van der Waals surface area contributed by atoms with Gasteiger partial charge in [-0.3, -0.25) is 9.69 Å². The number of nitrogens with zero attached hydrogens (tertiary/aromatic N) is 3. The van der Waals surface area contributed by atoms with Crippen molar-refractivity contribution in [3.8, 4) is 11.5 Å². The van der Waals surface area contributed by atoms with Crippen LogP contribution in [0.2, 0.25) is 0 Å². The molecule has 1 amide bonds. The zero-order valence-corrected chi connectivity index (χ0v) is 16.0. The lowest BCUT2D eigenvalue weighted by molar-refractivity contribution is -0.134. The SMILES string of the molecule is COc1ccc(OC2CCN(C(=O)CN3CCCN(C)CC3)CC2)cc1. The van der Waals surface area contributed by atoms with Crippen molar-refractivity contribution >= 4 is 5.91 Å². The fourth-order valence-corrected chi connectivity index (χ4v) is 3.62. The second-order valence-corrected chi connectivity index (χ2v) is 7.31. The number of amides is 1. The molecule has 2 fully saturated rings. The van der Waals surface area contributed by atoms with Gasteiger partial charge in [0.2, 0.25) is 5.91 Å². The number of carbonyl (C=O) groups is 1. The van der Waals surface area contributed by atoms with Gasteiger partial charge in [-0.25, -0.2) is 0 Å². The van der Waals surface area contributed by atoms with E-state index in [1.807, 2.05) is 29.2 Å². The molecule has 6 heteroatoms. The Hall–Kier alpha value is -1.79. The number of likely N-dealkylation sites (N-methyl/N-ethyl adjacent to an activating group) is 1. The van der Waals surface area contributed by atoms with Gasteiger partial charge in [0.15, 0.2) is 0 Å². The number of benzene rings is 1. The smallest absolute Gasteiger partial charge is 0.236 e. The van der Waals surface area contributed by atoms with E-state index in [0.717, 1.165) is 70.0 Å². The molecule has 2 aliphatic rings. The van der Waals surface area contributed by atoms with Crippen LogP contribution in [0.25, 0.3) is 0 Å². The minimum absolute atomic E-state index is 0.180. The molecule has 0 unspecified atom stereocenters. The summed E-state index contributed by atoms with van der Waals surface area (Å²) in [6.45, 7) is 6.30. The first-order valence-corrected chi connectivity index (χ1v) is 9.63. The zero-order valence-electron chi connectivity index (χ0n) is 16.0. The fourth-order valence-electron chi connectivity index (χ4n) is 3.62. The predicted molar refractivity (Wildman–Crippen MR) is 102 cm³/mol. The van der Waals surface area contributed by atoms with Crippen LogP contribution in [0, 0.1) is 0 Å². The third kappa shape index (κ3) is 5.35. The Morgan fingerprint density at radius 1 is 1.00 bits per heavy atom. The van der Waals surface area contributed by atoms with E-state index in [9.17, 15) is 4.79 Å². The first-order valence-electron chi connectivity index (χ1n) is 9.63. The molecule has 2 saturated heterocycles. The van der Waals surface area contributed by atoms with Crippen molar-refractivity contribution in [1.82, 2.24) is 14.7 Å². The number of likely N-dealkylation sites (tertiary alicyclic amines) is 1. The second kappa shape index (κ2) is 9.24. The molecule has 0 N–H and O–H groups in total. The Kier molecular flexibility index (Phi) is 6.74. The van der Waals surface area contributed by atoms with Crippen molar-refractivity contribution in [2.75, 3.05) is 60.0 Å². The van der Waals surface area contributed by atoms with Gasteiger partial charge in [-0.2, -0.15) is 0 Å². The molecule has 0 bridgehead atoms. The number of carbonyl (C=O) groups excluding carboxylic acids is 1. The Morgan fingerprint density at radius 3 is 2.38 bits per heavy atom. The van der Waals surface area contributed by atoms with Crippen LogP contribution >= 0.6 is 0 Å².